The number of nitrogens with one attached hydrogen (secondary N) is 2. The molecule has 1 saturated carbocycles. The number of ether oxygens (including phenoxy) is 2. The third-order valence-electron chi connectivity index (χ3n) is 5.43. The van der Waals surface area contributed by atoms with Gasteiger partial charge in [-0.05, 0) is 79.8 Å². The number of hydrazine groups is 1. The largest absolute Gasteiger partial charge is 0.449 e. The number of nitrogens with zero attached hydrogens (tertiary/aromatic N) is 1. The van der Waals surface area contributed by atoms with Crippen molar-refractivity contribution in [3.63, 3.8) is 0 Å². The summed E-state index contributed by atoms with van der Waals surface area (Å²) in [6.07, 6.45) is 8.36. The van der Waals surface area contributed by atoms with Crippen LogP contribution < -0.4 is 10.7 Å². The van der Waals surface area contributed by atoms with Gasteiger partial charge in [-0.25, -0.2) is 20.0 Å². The molecule has 2 amide bonds. The molecule has 0 spiro atoms. The minimum atomic E-state index is -0.677. The summed E-state index contributed by atoms with van der Waals surface area (Å²) in [5.74, 6) is 0. The summed E-state index contributed by atoms with van der Waals surface area (Å²) in [4.78, 5) is 25.2. The first-order chi connectivity index (χ1) is 15.0. The first-order valence-corrected chi connectivity index (χ1v) is 11.9. The van der Waals surface area contributed by atoms with Gasteiger partial charge in [-0.1, -0.05) is 36.3 Å². The number of amides is 2. The molecule has 2 aliphatic rings. The van der Waals surface area contributed by atoms with Crippen LogP contribution in [0.2, 0.25) is 0 Å². The maximum Gasteiger partial charge on any atom is 0.429 e. The van der Waals surface area contributed by atoms with Crippen LogP contribution in [0.15, 0.2) is 47.6 Å². The SMILES string of the molecule is CCOC(=O)NN(C(=O)OCC)[C@@H]1C(=C2CCCCC2)C=C[C@H]1Nc1ccccc1I. The molecule has 0 saturated heterocycles. The van der Waals surface area contributed by atoms with Crippen molar-refractivity contribution < 1.29 is 19.1 Å². The number of hydrogen-bond donors (Lipinski definition) is 2. The molecule has 1 aromatic rings. The van der Waals surface area contributed by atoms with Gasteiger partial charge in [0.1, 0.15) is 6.04 Å². The van der Waals surface area contributed by atoms with Crippen LogP contribution in [0.4, 0.5) is 15.3 Å². The monoisotopic (exact) mass is 539 g/mol. The first-order valence-electron chi connectivity index (χ1n) is 10.9. The molecule has 3 rings (SSSR count). The number of anilines is 1. The van der Waals surface area contributed by atoms with Gasteiger partial charge in [-0.15, -0.1) is 0 Å². The Kier molecular flexibility index (Phi) is 8.62. The Morgan fingerprint density at radius 3 is 2.48 bits per heavy atom. The molecule has 1 aromatic carbocycles. The van der Waals surface area contributed by atoms with Gasteiger partial charge >= 0.3 is 12.2 Å². The molecule has 168 valence electrons. The molecule has 0 heterocycles. The lowest BCUT2D eigenvalue weighted by atomic mass is 9.88. The molecule has 0 bridgehead atoms. The fraction of sp³-hybridized carbons (Fsp3) is 0.478. The van der Waals surface area contributed by atoms with Crippen molar-refractivity contribution in [2.75, 3.05) is 18.5 Å². The fourth-order valence-corrected chi connectivity index (χ4v) is 4.61. The number of benzene rings is 1. The third-order valence-corrected chi connectivity index (χ3v) is 6.37. The maximum atomic E-state index is 12.9. The zero-order valence-electron chi connectivity index (χ0n) is 18.0. The van der Waals surface area contributed by atoms with Crippen molar-refractivity contribution >= 4 is 40.5 Å². The number of para-hydroxylation sites is 1. The lowest BCUT2D eigenvalue weighted by molar-refractivity contribution is 0.0615. The Hall–Kier alpha value is -2.23. The highest BCUT2D eigenvalue weighted by atomic mass is 127. The van der Waals surface area contributed by atoms with E-state index in [1.54, 1.807) is 13.8 Å². The zero-order valence-corrected chi connectivity index (χ0v) is 20.2. The molecule has 0 aliphatic heterocycles. The molecule has 2 aliphatic carbocycles. The number of halogens is 1. The van der Waals surface area contributed by atoms with Crippen LogP contribution in [0.5, 0.6) is 0 Å². The number of carbonyl (C=O) groups excluding carboxylic acids is 2. The highest BCUT2D eigenvalue weighted by Crippen LogP contribution is 2.35. The van der Waals surface area contributed by atoms with E-state index in [4.69, 9.17) is 9.47 Å². The van der Waals surface area contributed by atoms with Crippen LogP contribution in [0, 0.1) is 3.57 Å². The van der Waals surface area contributed by atoms with Crippen LogP contribution >= 0.6 is 22.6 Å². The summed E-state index contributed by atoms with van der Waals surface area (Å²) in [7, 11) is 0. The first kappa shape index (κ1) is 23.4. The van der Waals surface area contributed by atoms with Crippen LogP contribution in [-0.2, 0) is 9.47 Å². The smallest absolute Gasteiger partial charge is 0.429 e. The number of carbonyl (C=O) groups is 2. The molecule has 0 aromatic heterocycles. The molecule has 0 unspecified atom stereocenters. The molecular formula is C23H30IN3O4. The van der Waals surface area contributed by atoms with Crippen molar-refractivity contribution in [1.82, 2.24) is 10.4 Å². The van der Waals surface area contributed by atoms with E-state index in [0.29, 0.717) is 0 Å². The van der Waals surface area contributed by atoms with E-state index in [1.165, 1.54) is 17.0 Å². The summed E-state index contributed by atoms with van der Waals surface area (Å²) in [6, 6.07) is 7.32. The third kappa shape index (κ3) is 5.93. The Morgan fingerprint density at radius 2 is 1.81 bits per heavy atom. The Bertz CT molecular complexity index is 847. The van der Waals surface area contributed by atoms with E-state index in [9.17, 15) is 9.59 Å². The molecule has 0 radical (unpaired) electrons. The maximum absolute atomic E-state index is 12.9. The standard InChI is InChI=1S/C23H30IN3O4/c1-3-30-22(28)26-27(23(29)31-4-2)21-17(16-10-6-5-7-11-16)14-15-20(21)25-19-13-9-8-12-18(19)24/h8-9,12-15,20-21,25H,3-7,10-11H2,1-2H3,(H,26,28)/t20-,21-/m1/s1. The van der Waals surface area contributed by atoms with Crippen molar-refractivity contribution in [1.29, 1.82) is 0 Å². The molecule has 2 atom stereocenters. The molecule has 8 heteroatoms. The van der Waals surface area contributed by atoms with Gasteiger partial charge in [0.25, 0.3) is 0 Å². The number of hydrogen-bond acceptors (Lipinski definition) is 5. The van der Waals surface area contributed by atoms with E-state index in [1.807, 2.05) is 24.3 Å². The summed E-state index contributed by atoms with van der Waals surface area (Å²) in [6.45, 7) is 3.89. The lowest BCUT2D eigenvalue weighted by Crippen LogP contribution is -2.57. The number of rotatable bonds is 5. The van der Waals surface area contributed by atoms with Crippen LogP contribution in [-0.4, -0.2) is 42.5 Å². The molecular weight excluding hydrogens is 509 g/mol. The summed E-state index contributed by atoms with van der Waals surface area (Å²) >= 11 is 2.28. The predicted molar refractivity (Wildman–Crippen MR) is 129 cm³/mol. The summed E-state index contributed by atoms with van der Waals surface area (Å²) < 4.78 is 11.4. The van der Waals surface area contributed by atoms with Crippen LogP contribution in [0.25, 0.3) is 0 Å². The Morgan fingerprint density at radius 1 is 1.10 bits per heavy atom. The minimum Gasteiger partial charge on any atom is -0.449 e. The molecule has 31 heavy (non-hydrogen) atoms. The van der Waals surface area contributed by atoms with Crippen molar-refractivity contribution in [2.45, 2.75) is 58.0 Å². The minimum absolute atomic E-state index is 0.209. The van der Waals surface area contributed by atoms with Crippen molar-refractivity contribution in [3.8, 4) is 0 Å². The van der Waals surface area contributed by atoms with Gasteiger partial charge in [0.05, 0.1) is 19.3 Å². The quantitative estimate of drug-likeness (QED) is 0.388. The Labute approximate surface area is 197 Å². The van der Waals surface area contributed by atoms with E-state index in [0.717, 1.165) is 40.5 Å². The molecule has 2 N–H and O–H groups in total. The second-order valence-electron chi connectivity index (χ2n) is 7.47. The lowest BCUT2D eigenvalue weighted by Gasteiger charge is -2.35. The second-order valence-corrected chi connectivity index (χ2v) is 8.64. The summed E-state index contributed by atoms with van der Waals surface area (Å²) in [5, 5.41) is 4.82. The predicted octanol–water partition coefficient (Wildman–Crippen LogP) is 5.39. The van der Waals surface area contributed by atoms with Crippen molar-refractivity contribution in [2.24, 2.45) is 0 Å². The van der Waals surface area contributed by atoms with Gasteiger partial charge in [0.15, 0.2) is 0 Å². The van der Waals surface area contributed by atoms with Gasteiger partial charge in [0, 0.05) is 9.26 Å². The topological polar surface area (TPSA) is 79.9 Å². The molecule has 1 fully saturated rings. The van der Waals surface area contributed by atoms with Gasteiger partial charge in [-0.3, -0.25) is 0 Å². The second kappa shape index (κ2) is 11.4. The van der Waals surface area contributed by atoms with E-state index >= 15 is 0 Å². The highest BCUT2D eigenvalue weighted by molar-refractivity contribution is 14.1. The normalized spacial score (nSPS) is 20.4. The fourth-order valence-electron chi connectivity index (χ4n) is 4.07. The van der Waals surface area contributed by atoms with E-state index < -0.39 is 18.2 Å². The number of allylic oxidation sites excluding steroid dienone is 1. The van der Waals surface area contributed by atoms with Gasteiger partial charge in [0.2, 0.25) is 0 Å². The summed E-state index contributed by atoms with van der Waals surface area (Å²) in [5.41, 5.74) is 5.99. The molecule has 7 nitrogen and oxygen atoms in total. The Balaban J connectivity index is 1.97. The van der Waals surface area contributed by atoms with Crippen LogP contribution in [0.3, 0.4) is 0 Å². The average Bonchev–Trinajstić information content (AvgIpc) is 3.18. The van der Waals surface area contributed by atoms with E-state index in [2.05, 4.69) is 45.5 Å². The highest BCUT2D eigenvalue weighted by Gasteiger charge is 2.39. The van der Waals surface area contributed by atoms with E-state index in [-0.39, 0.29) is 19.3 Å². The van der Waals surface area contributed by atoms with Crippen LogP contribution in [0.1, 0.15) is 46.0 Å². The van der Waals surface area contributed by atoms with Gasteiger partial charge < -0.3 is 14.8 Å². The van der Waals surface area contributed by atoms with Crippen molar-refractivity contribution in [3.05, 3.63) is 51.1 Å². The zero-order chi connectivity index (χ0) is 22.2. The van der Waals surface area contributed by atoms with Gasteiger partial charge in [-0.2, -0.15) is 0 Å². The average molecular weight is 539 g/mol.